The topological polar surface area (TPSA) is 45.2 Å². The first-order valence-corrected chi connectivity index (χ1v) is 10.5. The predicted molar refractivity (Wildman–Crippen MR) is 108 cm³/mol. The summed E-state index contributed by atoms with van der Waals surface area (Å²) in [5, 5.41) is 3.22. The number of piperidine rings is 1. The summed E-state index contributed by atoms with van der Waals surface area (Å²) in [5.74, 6) is 0.233. The van der Waals surface area contributed by atoms with E-state index in [-0.39, 0.29) is 5.41 Å². The lowest BCUT2D eigenvalue weighted by Gasteiger charge is -2.48. The van der Waals surface area contributed by atoms with E-state index in [4.69, 9.17) is 0 Å². The SMILES string of the molecule is Fc1cnc(N2CCC3(CC2)CN(Cc2nccs2)Cc2ccccc23)nc1. The summed E-state index contributed by atoms with van der Waals surface area (Å²) >= 11 is 1.72. The van der Waals surface area contributed by atoms with Crippen LogP contribution in [0.25, 0.3) is 0 Å². The fourth-order valence-electron chi connectivity index (χ4n) is 4.65. The van der Waals surface area contributed by atoms with E-state index < -0.39 is 5.82 Å². The fraction of sp³-hybridized carbons (Fsp3) is 0.381. The van der Waals surface area contributed by atoms with Gasteiger partial charge in [0.05, 0.1) is 18.9 Å². The van der Waals surface area contributed by atoms with E-state index in [1.165, 1.54) is 28.5 Å². The van der Waals surface area contributed by atoms with Crippen LogP contribution in [-0.4, -0.2) is 39.5 Å². The first-order chi connectivity index (χ1) is 13.7. The molecule has 5 rings (SSSR count). The second kappa shape index (κ2) is 7.22. The van der Waals surface area contributed by atoms with Crippen molar-refractivity contribution in [1.82, 2.24) is 19.9 Å². The van der Waals surface area contributed by atoms with Crippen molar-refractivity contribution < 1.29 is 4.39 Å². The van der Waals surface area contributed by atoms with Gasteiger partial charge < -0.3 is 4.90 Å². The lowest BCUT2D eigenvalue weighted by atomic mass is 9.69. The molecule has 1 fully saturated rings. The molecule has 5 nitrogen and oxygen atoms in total. The third-order valence-corrected chi connectivity index (χ3v) is 6.73. The number of fused-ring (bicyclic) bond motifs is 2. The largest absolute Gasteiger partial charge is 0.341 e. The third-order valence-electron chi connectivity index (χ3n) is 5.96. The molecular weight excluding hydrogens is 373 g/mol. The summed E-state index contributed by atoms with van der Waals surface area (Å²) in [7, 11) is 0. The van der Waals surface area contributed by atoms with Crippen LogP contribution in [0.3, 0.4) is 0 Å². The van der Waals surface area contributed by atoms with Gasteiger partial charge in [0.15, 0.2) is 5.82 Å². The maximum atomic E-state index is 13.2. The van der Waals surface area contributed by atoms with Gasteiger partial charge in [-0.1, -0.05) is 24.3 Å². The van der Waals surface area contributed by atoms with E-state index >= 15 is 0 Å². The molecule has 0 atom stereocenters. The molecule has 0 N–H and O–H groups in total. The third kappa shape index (κ3) is 3.29. The van der Waals surface area contributed by atoms with E-state index in [0.717, 1.165) is 45.6 Å². The lowest BCUT2D eigenvalue weighted by molar-refractivity contribution is 0.145. The molecule has 1 saturated heterocycles. The zero-order valence-electron chi connectivity index (χ0n) is 15.6. The molecule has 0 radical (unpaired) electrons. The summed E-state index contributed by atoms with van der Waals surface area (Å²) in [6.45, 7) is 4.68. The highest BCUT2D eigenvalue weighted by Crippen LogP contribution is 2.42. The van der Waals surface area contributed by atoms with Crippen molar-refractivity contribution >= 4 is 17.3 Å². The number of hydrogen-bond donors (Lipinski definition) is 0. The second-order valence-corrected chi connectivity index (χ2v) is 8.68. The highest BCUT2D eigenvalue weighted by molar-refractivity contribution is 7.09. The predicted octanol–water partition coefficient (Wildman–Crippen LogP) is 3.63. The summed E-state index contributed by atoms with van der Waals surface area (Å²) in [6.07, 6.45) is 6.46. The summed E-state index contributed by atoms with van der Waals surface area (Å²) in [6, 6.07) is 8.87. The van der Waals surface area contributed by atoms with Crippen molar-refractivity contribution in [1.29, 1.82) is 0 Å². The minimum absolute atomic E-state index is 0.142. The van der Waals surface area contributed by atoms with Gasteiger partial charge in [0.1, 0.15) is 5.01 Å². The smallest absolute Gasteiger partial charge is 0.225 e. The summed E-state index contributed by atoms with van der Waals surface area (Å²) in [4.78, 5) is 17.5. The second-order valence-electron chi connectivity index (χ2n) is 7.70. The molecule has 4 heterocycles. The number of thiazole rings is 1. The lowest BCUT2D eigenvalue weighted by Crippen LogP contribution is -2.52. The number of rotatable bonds is 3. The van der Waals surface area contributed by atoms with Crippen LogP contribution in [-0.2, 0) is 18.5 Å². The Balaban J connectivity index is 1.39. The number of halogens is 1. The Morgan fingerprint density at radius 2 is 1.86 bits per heavy atom. The van der Waals surface area contributed by atoms with Gasteiger partial charge in [0, 0.05) is 43.2 Å². The number of nitrogens with zero attached hydrogens (tertiary/aromatic N) is 5. The van der Waals surface area contributed by atoms with Crippen molar-refractivity contribution in [2.24, 2.45) is 0 Å². The van der Waals surface area contributed by atoms with Crippen LogP contribution in [0.4, 0.5) is 10.3 Å². The minimum atomic E-state index is -0.392. The Hall–Kier alpha value is -2.38. The average molecular weight is 396 g/mol. The Labute approximate surface area is 167 Å². The molecule has 7 heteroatoms. The Kier molecular flexibility index (Phi) is 4.56. The van der Waals surface area contributed by atoms with Gasteiger partial charge in [-0.05, 0) is 24.0 Å². The van der Waals surface area contributed by atoms with E-state index in [0.29, 0.717) is 5.95 Å². The van der Waals surface area contributed by atoms with E-state index in [1.807, 2.05) is 11.6 Å². The molecule has 0 unspecified atom stereocenters. The summed E-state index contributed by atoms with van der Waals surface area (Å²) in [5.41, 5.74) is 3.06. The molecule has 0 bridgehead atoms. The normalized spacial score (nSPS) is 19.0. The molecule has 0 aliphatic carbocycles. The number of hydrogen-bond acceptors (Lipinski definition) is 6. The molecule has 3 aromatic rings. The molecule has 0 saturated carbocycles. The first kappa shape index (κ1) is 17.7. The number of aromatic nitrogens is 3. The Morgan fingerprint density at radius 1 is 1.07 bits per heavy atom. The maximum Gasteiger partial charge on any atom is 0.225 e. The van der Waals surface area contributed by atoms with Crippen LogP contribution in [0, 0.1) is 5.82 Å². The van der Waals surface area contributed by atoms with Gasteiger partial charge >= 0.3 is 0 Å². The molecule has 1 spiro atoms. The van der Waals surface area contributed by atoms with Crippen LogP contribution >= 0.6 is 11.3 Å². The van der Waals surface area contributed by atoms with Gasteiger partial charge in [-0.15, -0.1) is 11.3 Å². The summed E-state index contributed by atoms with van der Waals surface area (Å²) < 4.78 is 13.2. The van der Waals surface area contributed by atoms with E-state index in [1.54, 1.807) is 11.3 Å². The quantitative estimate of drug-likeness (QED) is 0.678. The fourth-order valence-corrected chi connectivity index (χ4v) is 5.31. The van der Waals surface area contributed by atoms with Crippen LogP contribution in [0.1, 0.15) is 29.0 Å². The van der Waals surface area contributed by atoms with E-state index in [9.17, 15) is 4.39 Å². The van der Waals surface area contributed by atoms with Crippen molar-refractivity contribution in [3.63, 3.8) is 0 Å². The highest BCUT2D eigenvalue weighted by Gasteiger charge is 2.42. The van der Waals surface area contributed by atoms with E-state index in [2.05, 4.69) is 49.0 Å². The molecule has 2 aliphatic rings. The molecule has 28 heavy (non-hydrogen) atoms. The highest BCUT2D eigenvalue weighted by atomic mass is 32.1. The molecule has 0 amide bonds. The van der Waals surface area contributed by atoms with Crippen LogP contribution in [0.15, 0.2) is 48.2 Å². The van der Waals surface area contributed by atoms with Gasteiger partial charge in [-0.2, -0.15) is 0 Å². The maximum absolute atomic E-state index is 13.2. The molecule has 2 aromatic heterocycles. The molecule has 2 aliphatic heterocycles. The zero-order chi connectivity index (χ0) is 19.0. The van der Waals surface area contributed by atoms with Gasteiger partial charge in [-0.25, -0.2) is 19.3 Å². The Morgan fingerprint density at radius 3 is 2.61 bits per heavy atom. The molecule has 144 valence electrons. The number of anilines is 1. The number of benzene rings is 1. The van der Waals surface area contributed by atoms with Crippen LogP contribution in [0.5, 0.6) is 0 Å². The standard InChI is InChI=1S/C21H22FN5S/c22-17-11-24-20(25-12-17)27-8-5-21(6-9-27)15-26(14-19-23-7-10-28-19)13-16-3-1-2-4-18(16)21/h1-4,7,10-12H,5-6,8-9,13-15H2. The molecular formula is C21H22FN5S. The Bertz CT molecular complexity index is 936. The molecule has 1 aromatic carbocycles. The van der Waals surface area contributed by atoms with Crippen molar-refractivity contribution in [3.8, 4) is 0 Å². The van der Waals surface area contributed by atoms with Crippen LogP contribution < -0.4 is 4.90 Å². The van der Waals surface area contributed by atoms with Gasteiger partial charge in [-0.3, -0.25) is 4.90 Å². The zero-order valence-corrected chi connectivity index (χ0v) is 16.4. The van der Waals surface area contributed by atoms with Crippen molar-refractivity contribution in [2.75, 3.05) is 24.5 Å². The van der Waals surface area contributed by atoms with Gasteiger partial charge in [0.25, 0.3) is 0 Å². The average Bonchev–Trinajstić information content (AvgIpc) is 3.22. The van der Waals surface area contributed by atoms with Crippen molar-refractivity contribution in [3.05, 3.63) is 70.2 Å². The first-order valence-electron chi connectivity index (χ1n) is 9.63. The van der Waals surface area contributed by atoms with Crippen molar-refractivity contribution in [2.45, 2.75) is 31.3 Å². The minimum Gasteiger partial charge on any atom is -0.341 e. The van der Waals surface area contributed by atoms with Gasteiger partial charge in [0.2, 0.25) is 5.95 Å². The van der Waals surface area contributed by atoms with Crippen LogP contribution in [0.2, 0.25) is 0 Å². The monoisotopic (exact) mass is 395 g/mol.